The smallest absolute Gasteiger partial charge is 0.401 e. The second-order valence-electron chi connectivity index (χ2n) is 5.39. The van der Waals surface area contributed by atoms with Crippen LogP contribution in [0.5, 0.6) is 0 Å². The van der Waals surface area contributed by atoms with Crippen LogP contribution in [0.4, 0.5) is 0 Å². The summed E-state index contributed by atoms with van der Waals surface area (Å²) in [7, 11) is -0.265. The van der Waals surface area contributed by atoms with Crippen LogP contribution in [0.15, 0.2) is 18.2 Å². The minimum Gasteiger partial charge on any atom is -0.401 e. The van der Waals surface area contributed by atoms with Crippen molar-refractivity contribution in [2.24, 2.45) is 0 Å². The van der Waals surface area contributed by atoms with Crippen molar-refractivity contribution in [3.05, 3.63) is 29.8 Å². The Hall–Kier alpha value is -0.107. The number of rotatable bonds is 1. The molecule has 1 fully saturated rings. The Balaban J connectivity index is 0.00000144. The fourth-order valence-corrected chi connectivity index (χ4v) is 1.73. The van der Waals surface area contributed by atoms with Crippen LogP contribution in [0.1, 0.15) is 33.3 Å². The molecule has 0 unspecified atom stereocenters. The molecule has 0 aromatic heterocycles. The zero-order chi connectivity index (χ0) is 12.0. The van der Waals surface area contributed by atoms with Gasteiger partial charge in [0.15, 0.2) is 0 Å². The number of benzene rings is 1. The zero-order valence-electron chi connectivity index (χ0n) is 11.0. The van der Waals surface area contributed by atoms with Gasteiger partial charge in [-0.25, -0.2) is 0 Å². The Morgan fingerprint density at radius 1 is 1.12 bits per heavy atom. The minimum atomic E-state index is -0.273. The van der Waals surface area contributed by atoms with E-state index in [0.29, 0.717) is 0 Å². The molecule has 1 aliphatic heterocycles. The SMILES string of the molecule is Cc1[c-]ccc(B2OC(C)(C)C(C)(C)O2)c1.[W]. The van der Waals surface area contributed by atoms with Gasteiger partial charge >= 0.3 is 7.12 Å². The molecule has 1 aliphatic rings. The molecule has 0 saturated carbocycles. The predicted molar refractivity (Wildman–Crippen MR) is 65.7 cm³/mol. The number of aryl methyl sites for hydroxylation is 1. The fourth-order valence-electron chi connectivity index (χ4n) is 1.73. The molecular formula is C13H18BO2W-. The van der Waals surface area contributed by atoms with E-state index in [2.05, 4.69) is 39.8 Å². The fraction of sp³-hybridized carbons (Fsp3) is 0.538. The molecule has 0 bridgehead atoms. The standard InChI is InChI=1S/C13H18BO2.W/c1-10-7-6-8-11(9-10)14-15-12(2,3)13(4,5)16-14;/h6,8-9H,1-5H3;/q-1;. The Labute approximate surface area is 118 Å². The Morgan fingerprint density at radius 2 is 1.65 bits per heavy atom. The van der Waals surface area contributed by atoms with E-state index in [4.69, 9.17) is 9.31 Å². The summed E-state index contributed by atoms with van der Waals surface area (Å²) < 4.78 is 11.9. The Bertz CT molecular complexity index is 388. The van der Waals surface area contributed by atoms with Crippen molar-refractivity contribution in [2.75, 3.05) is 0 Å². The molecule has 0 atom stereocenters. The van der Waals surface area contributed by atoms with Crippen molar-refractivity contribution in [1.82, 2.24) is 0 Å². The van der Waals surface area contributed by atoms with Crippen molar-refractivity contribution >= 4 is 12.6 Å². The number of hydrogen-bond acceptors (Lipinski definition) is 2. The van der Waals surface area contributed by atoms with Gasteiger partial charge in [0.2, 0.25) is 0 Å². The molecule has 0 N–H and O–H groups in total. The monoisotopic (exact) mass is 401 g/mol. The summed E-state index contributed by atoms with van der Waals surface area (Å²) in [6.07, 6.45) is 0. The van der Waals surface area contributed by atoms with Crippen LogP contribution in [0.3, 0.4) is 0 Å². The third-order valence-electron chi connectivity index (χ3n) is 3.50. The first kappa shape index (κ1) is 15.0. The summed E-state index contributed by atoms with van der Waals surface area (Å²) in [5.41, 5.74) is 1.62. The summed E-state index contributed by atoms with van der Waals surface area (Å²) in [6.45, 7) is 10.3. The van der Waals surface area contributed by atoms with E-state index in [0.717, 1.165) is 11.0 Å². The molecule has 1 aromatic rings. The second kappa shape index (κ2) is 4.87. The molecule has 0 radical (unpaired) electrons. The maximum Gasteiger partial charge on any atom is 0.469 e. The van der Waals surface area contributed by atoms with Crippen molar-refractivity contribution in [2.45, 2.75) is 45.8 Å². The predicted octanol–water partition coefficient (Wildman–Crippen LogP) is 2.09. The third-order valence-corrected chi connectivity index (χ3v) is 3.50. The van der Waals surface area contributed by atoms with Gasteiger partial charge in [-0.2, -0.15) is 29.8 Å². The average Bonchev–Trinajstić information content (AvgIpc) is 2.36. The first-order valence-corrected chi connectivity index (χ1v) is 5.66. The zero-order valence-corrected chi connectivity index (χ0v) is 14.0. The molecule has 2 rings (SSSR count). The molecule has 0 spiro atoms. The van der Waals surface area contributed by atoms with Crippen molar-refractivity contribution in [3.8, 4) is 0 Å². The van der Waals surface area contributed by atoms with Gasteiger partial charge in [-0.1, -0.05) is 6.92 Å². The summed E-state index contributed by atoms with van der Waals surface area (Å²) in [5, 5.41) is 0. The molecule has 1 saturated heterocycles. The van der Waals surface area contributed by atoms with Crippen LogP contribution in [0.25, 0.3) is 0 Å². The van der Waals surface area contributed by atoms with Crippen LogP contribution < -0.4 is 5.46 Å². The molecule has 2 nitrogen and oxygen atoms in total. The van der Waals surface area contributed by atoms with Gasteiger partial charge in [0, 0.05) is 21.1 Å². The van der Waals surface area contributed by atoms with Crippen molar-refractivity contribution in [3.63, 3.8) is 0 Å². The van der Waals surface area contributed by atoms with Crippen LogP contribution in [-0.4, -0.2) is 18.3 Å². The van der Waals surface area contributed by atoms with Crippen LogP contribution in [-0.2, 0) is 30.4 Å². The summed E-state index contributed by atoms with van der Waals surface area (Å²) in [5.74, 6) is 0. The number of hydrogen-bond donors (Lipinski definition) is 0. The first-order valence-electron chi connectivity index (χ1n) is 5.66. The van der Waals surface area contributed by atoms with E-state index in [1.807, 2.05) is 19.1 Å². The second-order valence-corrected chi connectivity index (χ2v) is 5.39. The van der Waals surface area contributed by atoms with Gasteiger partial charge in [-0.05, 0) is 27.7 Å². The van der Waals surface area contributed by atoms with Crippen molar-refractivity contribution in [1.29, 1.82) is 0 Å². The van der Waals surface area contributed by atoms with Crippen molar-refractivity contribution < 1.29 is 30.4 Å². The van der Waals surface area contributed by atoms with Gasteiger partial charge in [0.25, 0.3) is 0 Å². The van der Waals surface area contributed by atoms with E-state index < -0.39 is 0 Å². The Morgan fingerprint density at radius 3 is 2.12 bits per heavy atom. The molecular weight excluding hydrogens is 383 g/mol. The van der Waals surface area contributed by atoms with Gasteiger partial charge in [-0.3, -0.25) is 0 Å². The molecule has 1 aromatic carbocycles. The Kier molecular flexibility index (Phi) is 4.29. The third kappa shape index (κ3) is 2.84. The van der Waals surface area contributed by atoms with Crippen LogP contribution in [0, 0.1) is 13.0 Å². The quantitative estimate of drug-likeness (QED) is 0.531. The van der Waals surface area contributed by atoms with Crippen LogP contribution >= 0.6 is 0 Å². The average molecular weight is 401 g/mol. The molecule has 0 amide bonds. The van der Waals surface area contributed by atoms with Gasteiger partial charge in [0.05, 0.1) is 11.2 Å². The van der Waals surface area contributed by atoms with E-state index in [9.17, 15) is 0 Å². The van der Waals surface area contributed by atoms with E-state index >= 15 is 0 Å². The van der Waals surface area contributed by atoms with Gasteiger partial charge in [0.1, 0.15) is 0 Å². The van der Waals surface area contributed by atoms with Gasteiger partial charge < -0.3 is 9.31 Å². The van der Waals surface area contributed by atoms with E-state index in [1.165, 1.54) is 0 Å². The maximum absolute atomic E-state index is 5.97. The summed E-state index contributed by atoms with van der Waals surface area (Å²) in [4.78, 5) is 0. The largest absolute Gasteiger partial charge is 0.469 e. The maximum atomic E-state index is 5.97. The van der Waals surface area contributed by atoms with Crippen LogP contribution in [0.2, 0.25) is 0 Å². The molecule has 1 heterocycles. The molecule has 92 valence electrons. The van der Waals surface area contributed by atoms with Gasteiger partial charge in [-0.15, -0.1) is 5.46 Å². The molecule has 0 aliphatic carbocycles. The molecule has 17 heavy (non-hydrogen) atoms. The normalized spacial score (nSPS) is 21.1. The van der Waals surface area contributed by atoms with E-state index in [-0.39, 0.29) is 39.4 Å². The first-order chi connectivity index (χ1) is 7.32. The minimum absolute atomic E-state index is 0. The topological polar surface area (TPSA) is 18.5 Å². The summed E-state index contributed by atoms with van der Waals surface area (Å²) in [6, 6.07) is 9.09. The van der Waals surface area contributed by atoms with E-state index in [1.54, 1.807) is 0 Å². The summed E-state index contributed by atoms with van der Waals surface area (Å²) >= 11 is 0. The molecule has 4 heteroatoms.